The molecule has 0 unspecified atom stereocenters. The number of fused-ring (bicyclic) bond motifs is 1. The number of benzene rings is 2. The molecule has 0 saturated heterocycles. The van der Waals surface area contributed by atoms with E-state index in [0.29, 0.717) is 17.1 Å². The second-order valence-electron chi connectivity index (χ2n) is 5.16. The summed E-state index contributed by atoms with van der Waals surface area (Å²) in [4.78, 5) is 23.8. The van der Waals surface area contributed by atoms with Gasteiger partial charge in [0.2, 0.25) is 0 Å². The van der Waals surface area contributed by atoms with Crippen LogP contribution in [-0.4, -0.2) is 17.9 Å². The van der Waals surface area contributed by atoms with Gasteiger partial charge < -0.3 is 15.4 Å². The molecule has 1 atom stereocenters. The summed E-state index contributed by atoms with van der Waals surface area (Å²) in [5, 5.41) is 4.93. The standard InChI is InChI=1S/C16H11ClF2N2O3/c1-7-15(22)21-13-4-8(2-3-14(13)24-7)20-16(23)9-5-11(18)12(19)6-10(9)17/h2-7H,1H3,(H,20,23)(H,21,22)/t7-/m1/s1. The number of nitrogens with one attached hydrogen (secondary N) is 2. The average molecular weight is 353 g/mol. The SMILES string of the molecule is C[C@H]1Oc2ccc(NC(=O)c3cc(F)c(F)cc3Cl)cc2NC1=O. The quantitative estimate of drug-likeness (QED) is 0.812. The minimum atomic E-state index is -1.18. The molecular formula is C16H11ClF2N2O3. The molecule has 2 aromatic rings. The maximum atomic E-state index is 13.3. The van der Waals surface area contributed by atoms with E-state index >= 15 is 0 Å². The molecule has 124 valence electrons. The van der Waals surface area contributed by atoms with Crippen molar-refractivity contribution in [2.75, 3.05) is 10.6 Å². The van der Waals surface area contributed by atoms with Gasteiger partial charge in [0, 0.05) is 5.69 Å². The summed E-state index contributed by atoms with van der Waals surface area (Å²) in [7, 11) is 0. The summed E-state index contributed by atoms with van der Waals surface area (Å²) < 4.78 is 31.7. The smallest absolute Gasteiger partial charge is 0.265 e. The van der Waals surface area contributed by atoms with E-state index < -0.39 is 23.6 Å². The van der Waals surface area contributed by atoms with Gasteiger partial charge in [0.15, 0.2) is 17.7 Å². The van der Waals surface area contributed by atoms with Crippen molar-refractivity contribution >= 4 is 34.8 Å². The first-order valence-electron chi connectivity index (χ1n) is 6.92. The summed E-state index contributed by atoms with van der Waals surface area (Å²) in [5.74, 6) is -2.88. The number of carbonyl (C=O) groups excluding carboxylic acids is 2. The van der Waals surface area contributed by atoms with Gasteiger partial charge in [-0.2, -0.15) is 0 Å². The van der Waals surface area contributed by atoms with E-state index in [0.717, 1.165) is 12.1 Å². The van der Waals surface area contributed by atoms with Crippen LogP contribution in [0.3, 0.4) is 0 Å². The zero-order valence-corrected chi connectivity index (χ0v) is 13.1. The molecule has 0 bridgehead atoms. The van der Waals surface area contributed by atoms with Crippen molar-refractivity contribution in [2.45, 2.75) is 13.0 Å². The van der Waals surface area contributed by atoms with Crippen LogP contribution in [0, 0.1) is 11.6 Å². The topological polar surface area (TPSA) is 67.4 Å². The van der Waals surface area contributed by atoms with E-state index in [1.165, 1.54) is 6.07 Å². The molecule has 1 aliphatic heterocycles. The molecule has 2 amide bonds. The van der Waals surface area contributed by atoms with Crippen molar-refractivity contribution in [1.82, 2.24) is 0 Å². The summed E-state index contributed by atoms with van der Waals surface area (Å²) in [6, 6.07) is 6.07. The van der Waals surface area contributed by atoms with Gasteiger partial charge in [-0.25, -0.2) is 8.78 Å². The Bertz CT molecular complexity index is 857. The van der Waals surface area contributed by atoms with Crippen molar-refractivity contribution in [3.8, 4) is 5.75 Å². The average Bonchev–Trinajstić information content (AvgIpc) is 2.52. The lowest BCUT2D eigenvalue weighted by molar-refractivity contribution is -0.122. The van der Waals surface area contributed by atoms with E-state index in [-0.39, 0.29) is 16.5 Å². The van der Waals surface area contributed by atoms with Crippen molar-refractivity contribution in [3.63, 3.8) is 0 Å². The van der Waals surface area contributed by atoms with Crippen LogP contribution in [0.1, 0.15) is 17.3 Å². The van der Waals surface area contributed by atoms with Crippen molar-refractivity contribution in [1.29, 1.82) is 0 Å². The molecule has 0 radical (unpaired) electrons. The van der Waals surface area contributed by atoms with Gasteiger partial charge in [0.05, 0.1) is 16.3 Å². The highest BCUT2D eigenvalue weighted by atomic mass is 35.5. The first-order chi connectivity index (χ1) is 11.3. The van der Waals surface area contributed by atoms with E-state index in [2.05, 4.69) is 10.6 Å². The van der Waals surface area contributed by atoms with E-state index in [9.17, 15) is 18.4 Å². The molecule has 0 spiro atoms. The predicted molar refractivity (Wildman–Crippen MR) is 84.5 cm³/mol. The van der Waals surface area contributed by atoms with Gasteiger partial charge in [-0.1, -0.05) is 11.6 Å². The van der Waals surface area contributed by atoms with Crippen LogP contribution in [0.15, 0.2) is 30.3 Å². The fourth-order valence-electron chi connectivity index (χ4n) is 2.18. The van der Waals surface area contributed by atoms with Crippen LogP contribution < -0.4 is 15.4 Å². The molecule has 2 aromatic carbocycles. The van der Waals surface area contributed by atoms with Gasteiger partial charge in [0.25, 0.3) is 11.8 Å². The van der Waals surface area contributed by atoms with Gasteiger partial charge in [-0.3, -0.25) is 9.59 Å². The van der Waals surface area contributed by atoms with Crippen LogP contribution in [0.4, 0.5) is 20.2 Å². The first-order valence-corrected chi connectivity index (χ1v) is 7.30. The Morgan fingerprint density at radius 2 is 1.96 bits per heavy atom. The van der Waals surface area contributed by atoms with Crippen LogP contribution in [0.25, 0.3) is 0 Å². The lowest BCUT2D eigenvalue weighted by atomic mass is 10.1. The Labute approximate surface area is 140 Å². The highest BCUT2D eigenvalue weighted by Crippen LogP contribution is 2.32. The minimum Gasteiger partial charge on any atom is -0.479 e. The van der Waals surface area contributed by atoms with Crippen LogP contribution in [0.2, 0.25) is 5.02 Å². The minimum absolute atomic E-state index is 0.206. The van der Waals surface area contributed by atoms with Crippen molar-refractivity contribution in [3.05, 3.63) is 52.6 Å². The van der Waals surface area contributed by atoms with Gasteiger partial charge in [-0.15, -0.1) is 0 Å². The van der Waals surface area contributed by atoms with E-state index in [1.807, 2.05) is 0 Å². The third-order valence-electron chi connectivity index (χ3n) is 3.42. The number of hydrogen-bond donors (Lipinski definition) is 2. The molecule has 1 aliphatic rings. The maximum Gasteiger partial charge on any atom is 0.265 e. The Kier molecular flexibility index (Phi) is 4.11. The molecule has 0 fully saturated rings. The lowest BCUT2D eigenvalue weighted by Gasteiger charge is -2.23. The molecular weight excluding hydrogens is 342 g/mol. The van der Waals surface area contributed by atoms with Crippen LogP contribution in [0.5, 0.6) is 5.75 Å². The molecule has 3 rings (SSSR count). The number of carbonyl (C=O) groups is 2. The molecule has 0 aliphatic carbocycles. The zero-order chi connectivity index (χ0) is 17.4. The highest BCUT2D eigenvalue weighted by Gasteiger charge is 2.24. The monoisotopic (exact) mass is 352 g/mol. The Hall–Kier alpha value is -2.67. The van der Waals surface area contributed by atoms with Crippen molar-refractivity contribution in [2.24, 2.45) is 0 Å². The summed E-state index contributed by atoms with van der Waals surface area (Å²) in [6.07, 6.45) is -0.612. The van der Waals surface area contributed by atoms with Crippen molar-refractivity contribution < 1.29 is 23.1 Å². The second kappa shape index (κ2) is 6.09. The normalized spacial score (nSPS) is 16.0. The molecule has 0 aromatic heterocycles. The molecule has 1 heterocycles. The molecule has 24 heavy (non-hydrogen) atoms. The summed E-state index contributed by atoms with van der Waals surface area (Å²) in [6.45, 7) is 1.61. The van der Waals surface area contributed by atoms with E-state index in [1.54, 1.807) is 19.1 Å². The second-order valence-corrected chi connectivity index (χ2v) is 5.57. The number of amides is 2. The zero-order valence-electron chi connectivity index (χ0n) is 12.3. The third-order valence-corrected chi connectivity index (χ3v) is 3.74. The third kappa shape index (κ3) is 3.03. The van der Waals surface area contributed by atoms with Crippen LogP contribution >= 0.6 is 11.6 Å². The first kappa shape index (κ1) is 16.2. The Balaban J connectivity index is 1.84. The molecule has 2 N–H and O–H groups in total. The van der Waals surface area contributed by atoms with Gasteiger partial charge in [-0.05, 0) is 37.3 Å². The van der Waals surface area contributed by atoms with Crippen LogP contribution in [-0.2, 0) is 4.79 Å². The Morgan fingerprint density at radius 1 is 1.25 bits per heavy atom. The fourth-order valence-corrected chi connectivity index (χ4v) is 2.42. The van der Waals surface area contributed by atoms with Gasteiger partial charge in [0.1, 0.15) is 5.75 Å². The Morgan fingerprint density at radius 3 is 2.71 bits per heavy atom. The largest absolute Gasteiger partial charge is 0.479 e. The maximum absolute atomic E-state index is 13.3. The molecule has 0 saturated carbocycles. The number of rotatable bonds is 2. The molecule has 5 nitrogen and oxygen atoms in total. The van der Waals surface area contributed by atoms with Gasteiger partial charge >= 0.3 is 0 Å². The summed E-state index contributed by atoms with van der Waals surface area (Å²) >= 11 is 5.77. The number of hydrogen-bond acceptors (Lipinski definition) is 3. The predicted octanol–water partition coefficient (Wildman–Crippen LogP) is 3.59. The number of halogens is 3. The summed E-state index contributed by atoms with van der Waals surface area (Å²) in [5.41, 5.74) is 0.521. The fraction of sp³-hybridized carbons (Fsp3) is 0.125. The number of ether oxygens (including phenoxy) is 1. The van der Waals surface area contributed by atoms with E-state index in [4.69, 9.17) is 16.3 Å². The number of anilines is 2. The molecule has 8 heteroatoms. The highest BCUT2D eigenvalue weighted by molar-refractivity contribution is 6.34. The lowest BCUT2D eigenvalue weighted by Crippen LogP contribution is -2.34.